The Labute approximate surface area is 59.3 Å². The molecule has 0 aliphatic carbocycles. The van der Waals surface area contributed by atoms with Gasteiger partial charge in [-0.3, -0.25) is 4.99 Å². The van der Waals surface area contributed by atoms with Crippen molar-refractivity contribution in [1.82, 2.24) is 0 Å². The zero-order chi connectivity index (χ0) is 7.11. The Morgan fingerprint density at radius 3 is 2.67 bits per heavy atom. The number of nitrogens with zero attached hydrogens (tertiary/aromatic N) is 1. The van der Waals surface area contributed by atoms with Crippen LogP contribution in [0.1, 0.15) is 13.8 Å². The van der Waals surface area contributed by atoms with Gasteiger partial charge in [0.1, 0.15) is 0 Å². The van der Waals surface area contributed by atoms with E-state index in [1.165, 1.54) is 11.8 Å². The molecule has 0 amide bonds. The van der Waals surface area contributed by atoms with Crippen molar-refractivity contribution in [3.05, 3.63) is 0 Å². The summed E-state index contributed by atoms with van der Waals surface area (Å²) in [5.74, 6) is 0. The van der Waals surface area contributed by atoms with Crippen molar-refractivity contribution < 1.29 is 4.43 Å². The molecule has 0 aromatic rings. The molecular weight excluding hydrogens is 130 g/mol. The molecule has 0 saturated heterocycles. The normalized spacial score (nSPS) is 10.6. The molecule has 0 saturated carbocycles. The second kappa shape index (κ2) is 5.97. The molecule has 0 bridgehead atoms. The van der Waals surface area contributed by atoms with Crippen LogP contribution in [0.3, 0.4) is 0 Å². The molecular formula is C6H15NOSi. The number of rotatable bonds is 4. The summed E-state index contributed by atoms with van der Waals surface area (Å²) in [6.07, 6.45) is 0. The van der Waals surface area contributed by atoms with E-state index in [1.807, 2.05) is 13.8 Å². The van der Waals surface area contributed by atoms with Gasteiger partial charge in [0.05, 0.1) is 0 Å². The van der Waals surface area contributed by atoms with Crippen LogP contribution >= 0.6 is 0 Å². The maximum absolute atomic E-state index is 4.99. The Balaban J connectivity index is 3.00. The van der Waals surface area contributed by atoms with Crippen LogP contribution in [-0.4, -0.2) is 29.1 Å². The molecule has 0 aromatic carbocycles. The van der Waals surface area contributed by atoms with E-state index in [4.69, 9.17) is 4.43 Å². The number of hydrogen-bond donors (Lipinski definition) is 0. The Bertz CT molecular complexity index is 89.1. The average Bonchev–Trinajstić information content (AvgIpc) is 1.80. The van der Waals surface area contributed by atoms with Gasteiger partial charge in [0.25, 0.3) is 0 Å². The second-order valence-corrected chi connectivity index (χ2v) is 3.87. The van der Waals surface area contributed by atoms with E-state index in [1.54, 1.807) is 7.11 Å². The summed E-state index contributed by atoms with van der Waals surface area (Å²) in [7, 11) is 1.54. The van der Waals surface area contributed by atoms with Gasteiger partial charge in [-0.1, -0.05) is 0 Å². The molecule has 0 rings (SSSR count). The van der Waals surface area contributed by atoms with Crippen LogP contribution < -0.4 is 0 Å². The van der Waals surface area contributed by atoms with Crippen molar-refractivity contribution in [3.63, 3.8) is 0 Å². The fourth-order valence-electron chi connectivity index (χ4n) is 0.512. The third-order valence-corrected chi connectivity index (χ3v) is 1.95. The molecule has 0 aliphatic rings. The summed E-state index contributed by atoms with van der Waals surface area (Å²) in [6, 6.07) is 1.17. The molecule has 0 unspecified atom stereocenters. The first-order chi connectivity index (χ1) is 4.27. The van der Waals surface area contributed by atoms with Gasteiger partial charge >= 0.3 is 0 Å². The predicted molar refractivity (Wildman–Crippen MR) is 44.0 cm³/mol. The lowest BCUT2D eigenvalue weighted by atomic mass is 10.5. The molecule has 9 heavy (non-hydrogen) atoms. The molecule has 2 nitrogen and oxygen atoms in total. The Hall–Kier alpha value is -0.153. The van der Waals surface area contributed by atoms with Crippen LogP contribution in [0.2, 0.25) is 6.04 Å². The maximum Gasteiger partial charge on any atom is 0.162 e. The smallest absolute Gasteiger partial charge is 0.162 e. The van der Waals surface area contributed by atoms with Gasteiger partial charge in [-0.15, -0.1) is 0 Å². The van der Waals surface area contributed by atoms with Crippen molar-refractivity contribution in [2.45, 2.75) is 19.9 Å². The SMILES string of the molecule is CO[SiH2]CCN=C(C)C. The summed E-state index contributed by atoms with van der Waals surface area (Å²) < 4.78 is 4.99. The maximum atomic E-state index is 4.99. The third-order valence-electron chi connectivity index (χ3n) is 0.935. The van der Waals surface area contributed by atoms with E-state index in [0.717, 1.165) is 6.54 Å². The zero-order valence-electron chi connectivity index (χ0n) is 6.48. The largest absolute Gasteiger partial charge is 0.427 e. The van der Waals surface area contributed by atoms with Crippen LogP contribution in [0.15, 0.2) is 4.99 Å². The molecule has 0 heterocycles. The molecule has 0 radical (unpaired) electrons. The minimum atomic E-state index is -0.228. The first-order valence-corrected chi connectivity index (χ1v) is 4.81. The van der Waals surface area contributed by atoms with Crippen LogP contribution in [0.4, 0.5) is 0 Å². The fourth-order valence-corrected chi connectivity index (χ4v) is 1.09. The van der Waals surface area contributed by atoms with E-state index in [-0.39, 0.29) is 9.76 Å². The monoisotopic (exact) mass is 145 g/mol. The van der Waals surface area contributed by atoms with Gasteiger partial charge in [-0.2, -0.15) is 0 Å². The highest BCUT2D eigenvalue weighted by atomic mass is 28.2. The van der Waals surface area contributed by atoms with Gasteiger partial charge in [-0.25, -0.2) is 0 Å². The molecule has 3 heteroatoms. The lowest BCUT2D eigenvalue weighted by molar-refractivity contribution is 0.441. The van der Waals surface area contributed by atoms with Crippen LogP contribution in [0.5, 0.6) is 0 Å². The first-order valence-electron chi connectivity index (χ1n) is 3.24. The second-order valence-electron chi connectivity index (χ2n) is 2.18. The summed E-state index contributed by atoms with van der Waals surface area (Å²) in [4.78, 5) is 4.23. The minimum Gasteiger partial charge on any atom is -0.427 e. The lowest BCUT2D eigenvalue weighted by Gasteiger charge is -1.93. The zero-order valence-corrected chi connectivity index (χ0v) is 7.89. The number of hydrogen-bond acceptors (Lipinski definition) is 2. The topological polar surface area (TPSA) is 21.6 Å². The summed E-state index contributed by atoms with van der Waals surface area (Å²) >= 11 is 0. The van der Waals surface area contributed by atoms with Gasteiger partial charge in [-0.05, 0) is 19.9 Å². The fraction of sp³-hybridized carbons (Fsp3) is 0.833. The van der Waals surface area contributed by atoms with Crippen molar-refractivity contribution >= 4 is 15.5 Å². The summed E-state index contributed by atoms with van der Waals surface area (Å²) in [6.45, 7) is 5.01. The highest BCUT2D eigenvalue weighted by Gasteiger charge is 1.83. The molecule has 0 N–H and O–H groups in total. The van der Waals surface area contributed by atoms with Crippen molar-refractivity contribution in [2.75, 3.05) is 13.7 Å². The Morgan fingerprint density at radius 1 is 1.56 bits per heavy atom. The van der Waals surface area contributed by atoms with Gasteiger partial charge in [0.15, 0.2) is 9.76 Å². The van der Waals surface area contributed by atoms with Gasteiger partial charge in [0, 0.05) is 19.4 Å². The molecule has 54 valence electrons. The first kappa shape index (κ1) is 8.85. The van der Waals surface area contributed by atoms with Crippen LogP contribution in [-0.2, 0) is 4.43 Å². The summed E-state index contributed by atoms with van der Waals surface area (Å²) in [5, 5.41) is 0. The van der Waals surface area contributed by atoms with Gasteiger partial charge < -0.3 is 4.43 Å². The average molecular weight is 145 g/mol. The summed E-state index contributed by atoms with van der Waals surface area (Å²) in [5.41, 5.74) is 1.17. The molecule has 0 fully saturated rings. The van der Waals surface area contributed by atoms with E-state index < -0.39 is 0 Å². The molecule has 0 aromatic heterocycles. The number of aliphatic imine (C=N–C) groups is 1. The van der Waals surface area contributed by atoms with E-state index >= 15 is 0 Å². The van der Waals surface area contributed by atoms with E-state index in [0.29, 0.717) is 0 Å². The third kappa shape index (κ3) is 7.85. The highest BCUT2D eigenvalue weighted by molar-refractivity contribution is 6.27. The van der Waals surface area contributed by atoms with E-state index in [2.05, 4.69) is 4.99 Å². The van der Waals surface area contributed by atoms with Crippen molar-refractivity contribution in [1.29, 1.82) is 0 Å². The van der Waals surface area contributed by atoms with Crippen molar-refractivity contribution in [3.8, 4) is 0 Å². The molecule has 0 atom stereocenters. The van der Waals surface area contributed by atoms with Crippen LogP contribution in [0.25, 0.3) is 0 Å². The van der Waals surface area contributed by atoms with E-state index in [9.17, 15) is 0 Å². The van der Waals surface area contributed by atoms with Crippen LogP contribution in [0, 0.1) is 0 Å². The van der Waals surface area contributed by atoms with Crippen molar-refractivity contribution in [2.24, 2.45) is 4.99 Å². The lowest BCUT2D eigenvalue weighted by Crippen LogP contribution is -1.95. The predicted octanol–water partition coefficient (Wildman–Crippen LogP) is 0.616. The van der Waals surface area contributed by atoms with Gasteiger partial charge in [0.2, 0.25) is 0 Å². The minimum absolute atomic E-state index is 0.228. The quantitative estimate of drug-likeness (QED) is 0.323. The Kier molecular flexibility index (Phi) is 5.87. The standard InChI is InChI=1S/C6H15NOSi/c1-6(2)7-4-5-9-8-3/h4-5,9H2,1-3H3. The molecule has 0 spiro atoms. The molecule has 0 aliphatic heterocycles. The highest BCUT2D eigenvalue weighted by Crippen LogP contribution is 1.82. The Morgan fingerprint density at radius 2 is 2.22 bits per heavy atom.